The molecule has 0 aliphatic carbocycles. The SMILES string of the molecule is CCCN(CCC[C@H](NC(=O)c1ccc(CNCc2ncc[nH]2)cc1)C(=O)N[C@@H](C)c1cccc2ccccc12)CCOC. The van der Waals surface area contributed by atoms with Crippen LogP contribution in [0, 0.1) is 0 Å². The Balaban J connectivity index is 1.41. The zero-order valence-corrected chi connectivity index (χ0v) is 26.1. The van der Waals surface area contributed by atoms with Gasteiger partial charge in [0.15, 0.2) is 0 Å². The molecule has 2 atom stereocenters. The van der Waals surface area contributed by atoms with E-state index in [4.69, 9.17) is 4.74 Å². The summed E-state index contributed by atoms with van der Waals surface area (Å²) in [6.45, 7) is 8.73. The number of benzene rings is 3. The Kier molecular flexibility index (Phi) is 12.9. The molecule has 1 heterocycles. The van der Waals surface area contributed by atoms with Gasteiger partial charge in [-0.25, -0.2) is 4.98 Å². The highest BCUT2D eigenvalue weighted by atomic mass is 16.5. The maximum absolute atomic E-state index is 13.7. The number of hydrogen-bond donors (Lipinski definition) is 4. The maximum atomic E-state index is 13.7. The van der Waals surface area contributed by atoms with E-state index in [-0.39, 0.29) is 17.9 Å². The van der Waals surface area contributed by atoms with Crippen molar-refractivity contribution in [2.45, 2.75) is 58.3 Å². The lowest BCUT2D eigenvalue weighted by atomic mass is 9.99. The lowest BCUT2D eigenvalue weighted by Gasteiger charge is -2.25. The highest BCUT2D eigenvalue weighted by molar-refractivity contribution is 5.97. The summed E-state index contributed by atoms with van der Waals surface area (Å²) >= 11 is 0. The third-order valence-corrected chi connectivity index (χ3v) is 7.78. The molecule has 2 amide bonds. The van der Waals surface area contributed by atoms with Crippen LogP contribution in [0.3, 0.4) is 0 Å². The lowest BCUT2D eigenvalue weighted by molar-refractivity contribution is -0.123. The van der Waals surface area contributed by atoms with Crippen LogP contribution in [0.1, 0.15) is 66.5 Å². The van der Waals surface area contributed by atoms with Gasteiger partial charge in [0.25, 0.3) is 5.91 Å². The van der Waals surface area contributed by atoms with Crippen LogP contribution in [0.4, 0.5) is 0 Å². The number of fused-ring (bicyclic) bond motifs is 1. The van der Waals surface area contributed by atoms with Crippen molar-refractivity contribution in [1.29, 1.82) is 0 Å². The van der Waals surface area contributed by atoms with Crippen LogP contribution in [0.2, 0.25) is 0 Å². The quantitative estimate of drug-likeness (QED) is 0.129. The predicted octanol–water partition coefficient (Wildman–Crippen LogP) is 4.97. The van der Waals surface area contributed by atoms with E-state index in [1.165, 1.54) is 0 Å². The molecule has 0 aliphatic rings. The van der Waals surface area contributed by atoms with Gasteiger partial charge in [-0.1, -0.05) is 61.5 Å². The molecule has 0 saturated heterocycles. The molecule has 9 nitrogen and oxygen atoms in total. The van der Waals surface area contributed by atoms with Crippen LogP contribution in [0.5, 0.6) is 0 Å². The summed E-state index contributed by atoms with van der Waals surface area (Å²) in [4.78, 5) is 36.7. The topological polar surface area (TPSA) is 111 Å². The smallest absolute Gasteiger partial charge is 0.251 e. The highest BCUT2D eigenvalue weighted by Gasteiger charge is 2.24. The standard InChI is InChI=1S/C35H46N6O3/c1-4-20-41(22-23-44-3)21-8-13-32(35(43)39-26(2)30-12-7-10-28-9-5-6-11-31(28)30)40-34(42)29-16-14-27(15-17-29)24-36-25-33-37-18-19-38-33/h5-7,9-12,14-19,26,32,36H,4,8,13,20-25H2,1-3H3,(H,37,38)(H,39,43)(H,40,42)/t26-,32-/m0/s1. The Morgan fingerprint density at radius 2 is 1.75 bits per heavy atom. The number of carbonyl (C=O) groups is 2. The predicted molar refractivity (Wildman–Crippen MR) is 175 cm³/mol. The number of amides is 2. The Morgan fingerprint density at radius 3 is 2.50 bits per heavy atom. The van der Waals surface area contributed by atoms with Crippen molar-refractivity contribution in [3.63, 3.8) is 0 Å². The van der Waals surface area contributed by atoms with E-state index >= 15 is 0 Å². The minimum atomic E-state index is -0.666. The second-order valence-electron chi connectivity index (χ2n) is 11.1. The van der Waals surface area contributed by atoms with E-state index in [1.54, 1.807) is 31.6 Å². The number of imidazole rings is 1. The van der Waals surface area contributed by atoms with E-state index in [0.29, 0.717) is 31.7 Å². The van der Waals surface area contributed by atoms with Crippen molar-refractivity contribution in [3.05, 3.63) is 102 Å². The van der Waals surface area contributed by atoms with E-state index in [1.807, 2.05) is 43.3 Å². The first-order valence-electron chi connectivity index (χ1n) is 15.6. The summed E-state index contributed by atoms with van der Waals surface area (Å²) in [5, 5.41) is 11.8. The van der Waals surface area contributed by atoms with Gasteiger partial charge in [-0.2, -0.15) is 0 Å². The molecule has 44 heavy (non-hydrogen) atoms. The van der Waals surface area contributed by atoms with E-state index in [9.17, 15) is 9.59 Å². The number of nitrogens with one attached hydrogen (secondary N) is 4. The summed E-state index contributed by atoms with van der Waals surface area (Å²) in [5.41, 5.74) is 2.62. The highest BCUT2D eigenvalue weighted by Crippen LogP contribution is 2.24. The molecule has 0 radical (unpaired) electrons. The Morgan fingerprint density at radius 1 is 0.955 bits per heavy atom. The van der Waals surface area contributed by atoms with E-state index < -0.39 is 6.04 Å². The second-order valence-corrected chi connectivity index (χ2v) is 11.1. The molecule has 0 bridgehead atoms. The van der Waals surface area contributed by atoms with Crippen LogP contribution < -0.4 is 16.0 Å². The second kappa shape index (κ2) is 17.3. The molecule has 0 spiro atoms. The largest absolute Gasteiger partial charge is 0.383 e. The van der Waals surface area contributed by atoms with Gasteiger partial charge in [0.1, 0.15) is 11.9 Å². The molecule has 0 fully saturated rings. The first kappa shape index (κ1) is 32.9. The summed E-state index contributed by atoms with van der Waals surface area (Å²) in [7, 11) is 1.71. The Hall–Kier alpha value is -4.05. The van der Waals surface area contributed by atoms with Gasteiger partial charge in [0, 0.05) is 38.2 Å². The molecule has 0 saturated carbocycles. The van der Waals surface area contributed by atoms with Crippen molar-refractivity contribution in [1.82, 2.24) is 30.8 Å². The molecule has 0 unspecified atom stereocenters. The molecule has 4 rings (SSSR count). The normalized spacial score (nSPS) is 12.7. The summed E-state index contributed by atoms with van der Waals surface area (Å²) in [6.07, 6.45) is 5.86. The number of aromatic nitrogens is 2. The van der Waals surface area contributed by atoms with Crippen molar-refractivity contribution in [2.24, 2.45) is 0 Å². The number of aromatic amines is 1. The fraction of sp³-hybridized carbons (Fsp3) is 0.400. The molecule has 4 aromatic rings. The first-order valence-corrected chi connectivity index (χ1v) is 15.6. The average Bonchev–Trinajstić information content (AvgIpc) is 3.56. The zero-order chi connectivity index (χ0) is 31.1. The van der Waals surface area contributed by atoms with Crippen molar-refractivity contribution < 1.29 is 14.3 Å². The molecular weight excluding hydrogens is 552 g/mol. The van der Waals surface area contributed by atoms with Crippen LogP contribution in [0.25, 0.3) is 10.8 Å². The van der Waals surface area contributed by atoms with Crippen LogP contribution in [-0.4, -0.2) is 66.1 Å². The number of H-pyrrole nitrogens is 1. The van der Waals surface area contributed by atoms with Crippen molar-refractivity contribution in [3.8, 4) is 0 Å². The van der Waals surface area contributed by atoms with Gasteiger partial charge in [-0.15, -0.1) is 0 Å². The average molecular weight is 599 g/mol. The van der Waals surface area contributed by atoms with Crippen LogP contribution >= 0.6 is 0 Å². The first-order chi connectivity index (χ1) is 21.5. The van der Waals surface area contributed by atoms with Gasteiger partial charge >= 0.3 is 0 Å². The van der Waals surface area contributed by atoms with E-state index in [2.05, 4.69) is 55.9 Å². The Labute approximate surface area is 260 Å². The van der Waals surface area contributed by atoms with Gasteiger partial charge in [0.05, 0.1) is 19.2 Å². The third-order valence-electron chi connectivity index (χ3n) is 7.78. The van der Waals surface area contributed by atoms with Gasteiger partial charge in [-0.3, -0.25) is 9.59 Å². The molecular formula is C35H46N6O3. The fourth-order valence-electron chi connectivity index (χ4n) is 5.42. The van der Waals surface area contributed by atoms with Crippen molar-refractivity contribution in [2.75, 3.05) is 33.4 Å². The molecule has 234 valence electrons. The molecule has 3 aromatic carbocycles. The minimum Gasteiger partial charge on any atom is -0.383 e. The van der Waals surface area contributed by atoms with Crippen LogP contribution in [0.15, 0.2) is 79.1 Å². The number of ether oxygens (including phenoxy) is 1. The molecule has 9 heteroatoms. The van der Waals surface area contributed by atoms with Gasteiger partial charge < -0.3 is 30.6 Å². The van der Waals surface area contributed by atoms with Crippen LogP contribution in [-0.2, 0) is 22.6 Å². The Bertz CT molecular complexity index is 1440. The lowest BCUT2D eigenvalue weighted by Crippen LogP contribution is -2.47. The fourth-order valence-corrected chi connectivity index (χ4v) is 5.42. The monoisotopic (exact) mass is 598 g/mol. The van der Waals surface area contributed by atoms with Crippen molar-refractivity contribution >= 4 is 22.6 Å². The summed E-state index contributed by atoms with van der Waals surface area (Å²) in [6, 6.07) is 20.9. The molecule has 1 aromatic heterocycles. The minimum absolute atomic E-state index is 0.184. The number of hydrogen-bond acceptors (Lipinski definition) is 6. The van der Waals surface area contributed by atoms with E-state index in [0.717, 1.165) is 60.2 Å². The summed E-state index contributed by atoms with van der Waals surface area (Å²) in [5.74, 6) is 0.427. The summed E-state index contributed by atoms with van der Waals surface area (Å²) < 4.78 is 5.28. The number of methoxy groups -OCH3 is 1. The maximum Gasteiger partial charge on any atom is 0.251 e. The number of rotatable bonds is 18. The van der Waals surface area contributed by atoms with Gasteiger partial charge in [-0.05, 0) is 73.3 Å². The van der Waals surface area contributed by atoms with Gasteiger partial charge in [0.2, 0.25) is 5.91 Å². The number of nitrogens with zero attached hydrogens (tertiary/aromatic N) is 2. The third kappa shape index (κ3) is 9.74. The number of carbonyl (C=O) groups excluding carboxylic acids is 2. The molecule has 0 aliphatic heterocycles. The zero-order valence-electron chi connectivity index (χ0n) is 26.1. The molecule has 4 N–H and O–H groups in total.